The Balaban J connectivity index is 1.31. The number of ether oxygens (including phenoxy) is 1. The van der Waals surface area contributed by atoms with Gasteiger partial charge in [-0.3, -0.25) is 14.8 Å². The first-order valence-electron chi connectivity index (χ1n) is 10.1. The van der Waals surface area contributed by atoms with Crippen LogP contribution in [0.25, 0.3) is 0 Å². The van der Waals surface area contributed by atoms with Gasteiger partial charge in [0.15, 0.2) is 0 Å². The number of fused-ring (bicyclic) bond motifs is 1. The van der Waals surface area contributed by atoms with Gasteiger partial charge in [-0.15, -0.1) is 0 Å². The maximum absolute atomic E-state index is 12.5. The van der Waals surface area contributed by atoms with Gasteiger partial charge in [-0.2, -0.15) is 0 Å². The van der Waals surface area contributed by atoms with E-state index in [1.54, 1.807) is 24.5 Å². The summed E-state index contributed by atoms with van der Waals surface area (Å²) in [7, 11) is 0. The molecule has 0 saturated carbocycles. The number of carbonyl (C=O) groups is 1. The molecule has 3 fully saturated rings. The minimum absolute atomic E-state index is 0.0329. The zero-order valence-electron chi connectivity index (χ0n) is 16.4. The number of anilines is 1. The summed E-state index contributed by atoms with van der Waals surface area (Å²) in [6.45, 7) is 6.68. The van der Waals surface area contributed by atoms with Crippen molar-refractivity contribution in [1.29, 1.82) is 0 Å². The topological polar surface area (TPSA) is 67.4 Å². The molecule has 6 heteroatoms. The Labute approximate surface area is 165 Å². The second-order valence-corrected chi connectivity index (χ2v) is 8.46. The Hall–Kier alpha value is -2.47. The maximum Gasteiger partial charge on any atom is 0.251 e. The Kier molecular flexibility index (Phi) is 4.12. The lowest BCUT2D eigenvalue weighted by Gasteiger charge is -2.29. The molecule has 2 bridgehead atoms. The fourth-order valence-corrected chi connectivity index (χ4v) is 5.47. The average molecular weight is 378 g/mol. The fraction of sp³-hybridized carbons (Fsp3) is 0.500. The van der Waals surface area contributed by atoms with Crippen molar-refractivity contribution in [3.63, 3.8) is 0 Å². The summed E-state index contributed by atoms with van der Waals surface area (Å²) in [5.41, 5.74) is 3.94. The van der Waals surface area contributed by atoms with E-state index < -0.39 is 0 Å². The summed E-state index contributed by atoms with van der Waals surface area (Å²) in [5.74, 6) is 0.792. The van der Waals surface area contributed by atoms with Gasteiger partial charge < -0.3 is 15.0 Å². The largest absolute Gasteiger partial charge is 0.369 e. The smallest absolute Gasteiger partial charge is 0.251 e. The van der Waals surface area contributed by atoms with Crippen LogP contribution in [0.4, 0.5) is 5.69 Å². The Morgan fingerprint density at radius 2 is 2.04 bits per heavy atom. The van der Waals surface area contributed by atoms with E-state index in [9.17, 15) is 4.79 Å². The quantitative estimate of drug-likeness (QED) is 0.885. The Morgan fingerprint density at radius 3 is 2.79 bits per heavy atom. The zero-order valence-corrected chi connectivity index (χ0v) is 16.4. The maximum atomic E-state index is 12.5. The zero-order chi connectivity index (χ0) is 19.3. The molecule has 3 aliphatic heterocycles. The number of aryl methyl sites for hydroxylation is 2. The number of pyridine rings is 2. The van der Waals surface area contributed by atoms with Crippen LogP contribution in [0.15, 0.2) is 36.7 Å². The molecule has 1 amide bonds. The summed E-state index contributed by atoms with van der Waals surface area (Å²) in [5, 5.41) is 3.13. The van der Waals surface area contributed by atoms with E-state index in [0.29, 0.717) is 23.9 Å². The molecule has 3 saturated heterocycles. The van der Waals surface area contributed by atoms with E-state index in [-0.39, 0.29) is 17.6 Å². The molecule has 28 heavy (non-hydrogen) atoms. The van der Waals surface area contributed by atoms with Gasteiger partial charge in [0, 0.05) is 66.5 Å². The molecule has 0 aromatic carbocycles. The molecule has 5 heterocycles. The number of nitrogens with one attached hydrogen (secondary N) is 1. The van der Waals surface area contributed by atoms with E-state index in [4.69, 9.17) is 4.74 Å². The van der Waals surface area contributed by atoms with Crippen LogP contribution < -0.4 is 10.2 Å². The fourth-order valence-electron chi connectivity index (χ4n) is 5.47. The van der Waals surface area contributed by atoms with Crippen LogP contribution in [0.1, 0.15) is 34.6 Å². The number of hydrogen-bond acceptors (Lipinski definition) is 5. The lowest BCUT2D eigenvalue weighted by molar-refractivity contribution is 0.0141. The normalized spacial score (nSPS) is 30.5. The molecule has 3 aliphatic rings. The van der Waals surface area contributed by atoms with E-state index >= 15 is 0 Å². The molecule has 2 aromatic heterocycles. The first kappa shape index (κ1) is 17.6. The molecule has 146 valence electrons. The summed E-state index contributed by atoms with van der Waals surface area (Å²) in [6.07, 6.45) is 5.78. The van der Waals surface area contributed by atoms with Crippen molar-refractivity contribution in [2.24, 2.45) is 11.8 Å². The van der Waals surface area contributed by atoms with Crippen LogP contribution in [-0.4, -0.2) is 47.2 Å². The van der Waals surface area contributed by atoms with Crippen molar-refractivity contribution < 1.29 is 9.53 Å². The van der Waals surface area contributed by atoms with Gasteiger partial charge in [0.2, 0.25) is 0 Å². The molecule has 0 radical (unpaired) electrons. The second-order valence-electron chi connectivity index (χ2n) is 8.46. The average Bonchev–Trinajstić information content (AvgIpc) is 3.34. The summed E-state index contributed by atoms with van der Waals surface area (Å²) < 4.78 is 6.53. The van der Waals surface area contributed by atoms with Gasteiger partial charge in [-0.05, 0) is 51.0 Å². The molecule has 0 unspecified atom stereocenters. The number of nitrogens with zero attached hydrogens (tertiary/aromatic N) is 3. The first-order chi connectivity index (χ1) is 13.5. The van der Waals surface area contributed by atoms with Gasteiger partial charge in [-0.25, -0.2) is 0 Å². The second kappa shape index (κ2) is 6.55. The summed E-state index contributed by atoms with van der Waals surface area (Å²) in [4.78, 5) is 23.4. The lowest BCUT2D eigenvalue weighted by Crippen LogP contribution is -2.41. The van der Waals surface area contributed by atoms with Crippen LogP contribution in [0.5, 0.6) is 0 Å². The number of hydrogen-bond donors (Lipinski definition) is 1. The highest BCUT2D eigenvalue weighted by molar-refractivity contribution is 5.93. The highest BCUT2D eigenvalue weighted by Crippen LogP contribution is 2.55. The highest BCUT2D eigenvalue weighted by atomic mass is 16.5. The molecule has 1 spiro atoms. The van der Waals surface area contributed by atoms with E-state index in [2.05, 4.69) is 32.3 Å². The molecular formula is C22H26N4O2. The molecule has 4 atom stereocenters. The van der Waals surface area contributed by atoms with Crippen LogP contribution in [0, 0.1) is 25.7 Å². The monoisotopic (exact) mass is 378 g/mol. The molecule has 1 N–H and O–H groups in total. The third kappa shape index (κ3) is 2.87. The first-order valence-corrected chi connectivity index (χ1v) is 10.1. The van der Waals surface area contributed by atoms with Crippen molar-refractivity contribution in [3.8, 4) is 0 Å². The molecule has 2 aromatic rings. The van der Waals surface area contributed by atoms with Crippen molar-refractivity contribution in [2.45, 2.75) is 38.4 Å². The Morgan fingerprint density at radius 1 is 1.29 bits per heavy atom. The lowest BCUT2D eigenvalue weighted by atomic mass is 9.73. The van der Waals surface area contributed by atoms with Gasteiger partial charge >= 0.3 is 0 Å². The van der Waals surface area contributed by atoms with Crippen LogP contribution >= 0.6 is 0 Å². The molecule has 5 rings (SSSR count). The van der Waals surface area contributed by atoms with Crippen molar-refractivity contribution in [3.05, 3.63) is 53.6 Å². The third-order valence-corrected chi connectivity index (χ3v) is 6.66. The standard InChI is InChI=1S/C22H26N4O2/c1-14-9-17(10-15(2)25-14)26-12-19-18(20-3-6-22(19,13-26)28-20)11-24-21(27)16-4-7-23-8-5-16/h4-5,7-10,18-20H,3,6,11-13H2,1-2H3,(H,24,27)/t18-,19+,20+,22+/m0/s1. The van der Waals surface area contributed by atoms with Gasteiger partial charge in [0.05, 0.1) is 11.7 Å². The number of carbonyl (C=O) groups excluding carboxylic acids is 1. The van der Waals surface area contributed by atoms with E-state index in [1.807, 2.05) is 13.8 Å². The minimum atomic E-state index is -0.0538. The van der Waals surface area contributed by atoms with Crippen LogP contribution in [0.2, 0.25) is 0 Å². The third-order valence-electron chi connectivity index (χ3n) is 6.66. The van der Waals surface area contributed by atoms with E-state index in [1.165, 1.54) is 5.69 Å². The predicted molar refractivity (Wildman–Crippen MR) is 106 cm³/mol. The SMILES string of the molecule is Cc1cc(N2C[C@@H]3[C@H](CNC(=O)c4ccncc4)[C@H]4CC[C@]3(C2)O4)cc(C)n1. The highest BCUT2D eigenvalue weighted by Gasteiger charge is 2.62. The molecule has 6 nitrogen and oxygen atoms in total. The predicted octanol–water partition coefficient (Wildman–Crippen LogP) is 2.51. The number of rotatable bonds is 4. The van der Waals surface area contributed by atoms with Gasteiger partial charge in [0.1, 0.15) is 0 Å². The summed E-state index contributed by atoms with van der Waals surface area (Å²) >= 11 is 0. The summed E-state index contributed by atoms with van der Waals surface area (Å²) in [6, 6.07) is 7.83. The van der Waals surface area contributed by atoms with Gasteiger partial charge in [0.25, 0.3) is 5.91 Å². The van der Waals surface area contributed by atoms with Crippen molar-refractivity contribution in [2.75, 3.05) is 24.5 Å². The molecular weight excluding hydrogens is 352 g/mol. The van der Waals surface area contributed by atoms with Crippen molar-refractivity contribution in [1.82, 2.24) is 15.3 Å². The number of amides is 1. The Bertz CT molecular complexity index is 882. The van der Waals surface area contributed by atoms with Crippen LogP contribution in [0.3, 0.4) is 0 Å². The van der Waals surface area contributed by atoms with Crippen molar-refractivity contribution >= 4 is 11.6 Å². The minimum Gasteiger partial charge on any atom is -0.369 e. The van der Waals surface area contributed by atoms with Crippen LogP contribution in [-0.2, 0) is 4.74 Å². The van der Waals surface area contributed by atoms with Gasteiger partial charge in [-0.1, -0.05) is 0 Å². The number of aromatic nitrogens is 2. The van der Waals surface area contributed by atoms with E-state index in [0.717, 1.165) is 37.3 Å². The molecule has 0 aliphatic carbocycles.